The average molecular weight is 542 g/mol. The van der Waals surface area contributed by atoms with E-state index in [0.717, 1.165) is 22.6 Å². The average Bonchev–Trinajstić information content (AvgIpc) is 3.70. The number of pyridine rings is 1. The minimum atomic E-state index is 0.0921. The molecule has 3 aromatic heterocycles. The minimum absolute atomic E-state index is 0.0921. The Bertz CT molecular complexity index is 2280. The van der Waals surface area contributed by atoms with Crippen molar-refractivity contribution in [1.82, 2.24) is 13.9 Å². The second-order valence-electron chi connectivity index (χ2n) is 10.7. The first kappa shape index (κ1) is 22.7. The first-order chi connectivity index (χ1) is 20.3. The summed E-state index contributed by atoms with van der Waals surface area (Å²) in [5.74, 6) is 0.0921. The van der Waals surface area contributed by atoms with Crippen LogP contribution in [-0.2, 0) is 0 Å². The molecule has 5 aromatic carbocycles. The first-order valence-electron chi connectivity index (χ1n) is 13.9. The molecule has 3 heterocycles. The van der Waals surface area contributed by atoms with E-state index in [1.54, 1.807) is 11.5 Å². The highest BCUT2D eigenvalue weighted by molar-refractivity contribution is 7.13. The van der Waals surface area contributed by atoms with Crippen LogP contribution in [0.4, 0.5) is 0 Å². The van der Waals surface area contributed by atoms with Gasteiger partial charge >= 0.3 is 0 Å². The molecule has 192 valence electrons. The second-order valence-corrected chi connectivity index (χ2v) is 11.5. The van der Waals surface area contributed by atoms with E-state index in [1.807, 2.05) is 18.3 Å². The summed E-state index contributed by atoms with van der Waals surface area (Å²) in [6, 6.07) is 45.9. The van der Waals surface area contributed by atoms with E-state index in [9.17, 15) is 0 Å². The third-order valence-electron chi connectivity index (χ3n) is 8.48. The van der Waals surface area contributed by atoms with Crippen molar-refractivity contribution in [3.63, 3.8) is 0 Å². The Morgan fingerprint density at radius 2 is 1.37 bits per heavy atom. The third kappa shape index (κ3) is 3.32. The predicted octanol–water partition coefficient (Wildman–Crippen LogP) is 9.62. The Hall–Kier alpha value is -5.06. The van der Waals surface area contributed by atoms with Gasteiger partial charge in [0.15, 0.2) is 0 Å². The summed E-state index contributed by atoms with van der Waals surface area (Å²) in [6.07, 6.45) is 1.86. The molecule has 0 amide bonds. The number of hydrogen-bond acceptors (Lipinski definition) is 3. The van der Waals surface area contributed by atoms with Crippen molar-refractivity contribution >= 4 is 43.4 Å². The lowest BCUT2D eigenvalue weighted by atomic mass is 9.91. The molecule has 41 heavy (non-hydrogen) atoms. The molecule has 4 heteroatoms. The van der Waals surface area contributed by atoms with E-state index < -0.39 is 0 Å². The van der Waals surface area contributed by atoms with E-state index in [1.165, 1.54) is 54.1 Å². The van der Waals surface area contributed by atoms with Gasteiger partial charge in [0.25, 0.3) is 0 Å². The van der Waals surface area contributed by atoms with Crippen LogP contribution < -0.4 is 0 Å². The summed E-state index contributed by atoms with van der Waals surface area (Å²) in [4.78, 5) is 4.63. The van der Waals surface area contributed by atoms with Crippen LogP contribution in [0.2, 0.25) is 0 Å². The zero-order chi connectivity index (χ0) is 26.9. The van der Waals surface area contributed by atoms with Crippen LogP contribution in [0, 0.1) is 0 Å². The molecule has 0 saturated heterocycles. The maximum Gasteiger partial charge on any atom is 0.0740 e. The van der Waals surface area contributed by atoms with Crippen LogP contribution in [0.25, 0.3) is 60.0 Å². The monoisotopic (exact) mass is 541 g/mol. The van der Waals surface area contributed by atoms with Gasteiger partial charge in [-0.3, -0.25) is 4.98 Å². The van der Waals surface area contributed by atoms with Crippen LogP contribution in [0.15, 0.2) is 134 Å². The van der Waals surface area contributed by atoms with Crippen molar-refractivity contribution in [2.45, 2.75) is 5.92 Å². The van der Waals surface area contributed by atoms with Crippen LogP contribution >= 0.6 is 11.5 Å². The van der Waals surface area contributed by atoms with Gasteiger partial charge in [0.05, 0.1) is 33.0 Å². The summed E-state index contributed by atoms with van der Waals surface area (Å²) in [5.41, 5.74) is 12.0. The van der Waals surface area contributed by atoms with Crippen LogP contribution in [-0.4, -0.2) is 13.9 Å². The van der Waals surface area contributed by atoms with Crippen LogP contribution in [0.1, 0.15) is 22.7 Å². The molecule has 3 nitrogen and oxygen atoms in total. The van der Waals surface area contributed by atoms with Gasteiger partial charge in [0.2, 0.25) is 0 Å². The standard InChI is InChI=1S/C37H23N3S/c1-2-11-29-25(9-1)26-19-17-24(22-31(26)36(29)37-30-12-4-6-15-35(30)41-39-37)40-33-14-5-3-10-27(33)28-18-16-23(21-34(28)40)32-13-7-8-20-38-32/h1-22,36H. The van der Waals surface area contributed by atoms with Gasteiger partial charge in [0.1, 0.15) is 0 Å². The van der Waals surface area contributed by atoms with Gasteiger partial charge in [-0.1, -0.05) is 84.9 Å². The highest BCUT2D eigenvalue weighted by atomic mass is 32.1. The predicted molar refractivity (Wildman–Crippen MR) is 170 cm³/mol. The zero-order valence-corrected chi connectivity index (χ0v) is 22.8. The van der Waals surface area contributed by atoms with E-state index in [0.29, 0.717) is 0 Å². The lowest BCUT2D eigenvalue weighted by molar-refractivity contribution is 0.985. The summed E-state index contributed by atoms with van der Waals surface area (Å²) < 4.78 is 8.68. The molecule has 0 bridgehead atoms. The highest BCUT2D eigenvalue weighted by Gasteiger charge is 2.33. The molecule has 1 aliphatic rings. The summed E-state index contributed by atoms with van der Waals surface area (Å²) in [7, 11) is 0. The van der Waals surface area contributed by atoms with Crippen LogP contribution in [0.5, 0.6) is 0 Å². The summed E-state index contributed by atoms with van der Waals surface area (Å²) >= 11 is 1.59. The summed E-state index contributed by atoms with van der Waals surface area (Å²) in [6.45, 7) is 0. The van der Waals surface area contributed by atoms with E-state index in [-0.39, 0.29) is 5.92 Å². The van der Waals surface area contributed by atoms with Crippen molar-refractivity contribution < 1.29 is 0 Å². The van der Waals surface area contributed by atoms with Gasteiger partial charge in [-0.2, -0.15) is 4.37 Å². The molecule has 0 radical (unpaired) electrons. The molecule has 9 rings (SSSR count). The lowest BCUT2D eigenvalue weighted by Gasteiger charge is -2.15. The molecule has 1 unspecified atom stereocenters. The maximum atomic E-state index is 5.04. The number of rotatable bonds is 3. The molecule has 0 saturated carbocycles. The first-order valence-corrected chi connectivity index (χ1v) is 14.6. The molecular weight excluding hydrogens is 518 g/mol. The Morgan fingerprint density at radius 1 is 0.585 bits per heavy atom. The molecule has 0 aliphatic heterocycles. The number of aromatic nitrogens is 3. The Labute approximate surface area is 241 Å². The number of nitrogens with zero attached hydrogens (tertiary/aromatic N) is 3. The fourth-order valence-corrected chi connectivity index (χ4v) is 7.50. The van der Waals surface area contributed by atoms with Crippen molar-refractivity contribution in [1.29, 1.82) is 0 Å². The largest absolute Gasteiger partial charge is 0.309 e. The third-order valence-corrected chi connectivity index (χ3v) is 9.32. The summed E-state index contributed by atoms with van der Waals surface area (Å²) in [5, 5.41) is 3.74. The number of para-hydroxylation sites is 1. The van der Waals surface area contributed by atoms with Gasteiger partial charge in [0, 0.05) is 33.6 Å². The molecule has 0 N–H and O–H groups in total. The minimum Gasteiger partial charge on any atom is -0.309 e. The van der Waals surface area contributed by atoms with E-state index in [2.05, 4.69) is 125 Å². The maximum absolute atomic E-state index is 5.04. The van der Waals surface area contributed by atoms with Crippen LogP contribution in [0.3, 0.4) is 0 Å². The van der Waals surface area contributed by atoms with Crippen molar-refractivity contribution in [2.24, 2.45) is 0 Å². The van der Waals surface area contributed by atoms with Crippen molar-refractivity contribution in [3.8, 4) is 28.1 Å². The Morgan fingerprint density at radius 3 is 2.29 bits per heavy atom. The number of fused-ring (bicyclic) bond motifs is 7. The Balaban J connectivity index is 1.31. The quantitative estimate of drug-likeness (QED) is 0.223. The van der Waals surface area contributed by atoms with Gasteiger partial charge in [-0.05, 0) is 76.3 Å². The topological polar surface area (TPSA) is 30.7 Å². The van der Waals surface area contributed by atoms with Gasteiger partial charge in [-0.25, -0.2) is 0 Å². The Kier molecular flexibility index (Phi) is 4.83. The van der Waals surface area contributed by atoms with E-state index in [4.69, 9.17) is 4.37 Å². The molecule has 0 spiro atoms. The smallest absolute Gasteiger partial charge is 0.0740 e. The van der Waals surface area contributed by atoms with Gasteiger partial charge in [-0.15, -0.1) is 0 Å². The fraction of sp³-hybridized carbons (Fsp3) is 0.0270. The molecule has 0 fully saturated rings. The molecule has 1 atom stereocenters. The highest BCUT2D eigenvalue weighted by Crippen LogP contribution is 2.50. The lowest BCUT2D eigenvalue weighted by Crippen LogP contribution is -2.02. The fourth-order valence-electron chi connectivity index (χ4n) is 6.68. The number of benzene rings is 5. The van der Waals surface area contributed by atoms with E-state index >= 15 is 0 Å². The molecular formula is C37H23N3S. The normalized spacial score (nSPS) is 14.1. The van der Waals surface area contributed by atoms with Crippen molar-refractivity contribution in [3.05, 3.63) is 150 Å². The SMILES string of the molecule is c1ccc(-c2ccc3c4ccccc4n(-c4ccc5c(c4)C(c4nsc6ccccc46)c4ccccc4-5)c3c2)nc1. The second kappa shape index (κ2) is 8.72. The van der Waals surface area contributed by atoms with Gasteiger partial charge < -0.3 is 4.57 Å². The van der Waals surface area contributed by atoms with Crippen molar-refractivity contribution in [2.75, 3.05) is 0 Å². The number of hydrogen-bond donors (Lipinski definition) is 0. The zero-order valence-electron chi connectivity index (χ0n) is 22.0. The molecule has 8 aromatic rings. The molecule has 1 aliphatic carbocycles.